The van der Waals surface area contributed by atoms with Gasteiger partial charge in [0.25, 0.3) is 0 Å². The van der Waals surface area contributed by atoms with Gasteiger partial charge in [-0.25, -0.2) is 4.99 Å². The van der Waals surface area contributed by atoms with Crippen LogP contribution >= 0.6 is 0 Å². The number of ether oxygens (including phenoxy) is 1. The van der Waals surface area contributed by atoms with Crippen LogP contribution in [0.3, 0.4) is 0 Å². The van der Waals surface area contributed by atoms with E-state index in [9.17, 15) is 9.90 Å². The number of fused-ring (bicyclic) bond motifs is 1. The predicted molar refractivity (Wildman–Crippen MR) is 90.0 cm³/mol. The Bertz CT molecular complexity index is 601. The molecule has 0 fully saturated rings. The zero-order chi connectivity index (χ0) is 17.0. The molecule has 1 amide bonds. The molecule has 6 heteroatoms. The van der Waals surface area contributed by atoms with Crippen LogP contribution in [0.2, 0.25) is 0 Å². The molecule has 1 aliphatic rings. The average Bonchev–Trinajstić information content (AvgIpc) is 2.85. The Labute approximate surface area is 137 Å². The molecule has 0 bridgehead atoms. The van der Waals surface area contributed by atoms with Crippen LogP contribution in [0.1, 0.15) is 30.4 Å². The van der Waals surface area contributed by atoms with Crippen molar-refractivity contribution in [2.24, 2.45) is 10.7 Å². The third kappa shape index (κ3) is 3.89. The largest absolute Gasteiger partial charge is 0.392 e. The number of rotatable bonds is 6. The van der Waals surface area contributed by atoms with E-state index in [0.29, 0.717) is 13.0 Å². The van der Waals surface area contributed by atoms with Crippen LogP contribution in [0.4, 0.5) is 5.69 Å². The highest BCUT2D eigenvalue weighted by Gasteiger charge is 2.35. The van der Waals surface area contributed by atoms with Crippen LogP contribution in [0.5, 0.6) is 0 Å². The fourth-order valence-corrected chi connectivity index (χ4v) is 2.96. The summed E-state index contributed by atoms with van der Waals surface area (Å²) in [6, 6.07) is 5.69. The number of likely N-dealkylation sites (N-methyl/N-ethyl adjacent to an activating group) is 1. The minimum Gasteiger partial charge on any atom is -0.392 e. The third-order valence-electron chi connectivity index (χ3n) is 4.23. The Morgan fingerprint density at radius 3 is 2.87 bits per heavy atom. The molecule has 1 aromatic carbocycles. The van der Waals surface area contributed by atoms with Crippen LogP contribution in [0, 0.1) is 0 Å². The van der Waals surface area contributed by atoms with Crippen LogP contribution in [0.25, 0.3) is 0 Å². The van der Waals surface area contributed by atoms with Crippen molar-refractivity contribution < 1.29 is 14.6 Å². The lowest BCUT2D eigenvalue weighted by Crippen LogP contribution is -2.29. The highest BCUT2D eigenvalue weighted by molar-refractivity contribution is 5.86. The maximum Gasteiger partial charge on any atom is 0.227 e. The number of amides is 1. The molecule has 0 aromatic heterocycles. The second-order valence-electron chi connectivity index (χ2n) is 5.83. The summed E-state index contributed by atoms with van der Waals surface area (Å²) < 4.78 is 5.09. The van der Waals surface area contributed by atoms with Gasteiger partial charge < -0.3 is 20.5 Å². The molecule has 2 atom stereocenters. The van der Waals surface area contributed by atoms with E-state index in [0.717, 1.165) is 35.6 Å². The molecule has 1 aromatic rings. The fourth-order valence-electron chi connectivity index (χ4n) is 2.96. The summed E-state index contributed by atoms with van der Waals surface area (Å²) in [6.07, 6.45) is 0.511. The number of aliphatic imine (C=N–C) groups is 1. The molecule has 0 aliphatic heterocycles. The van der Waals surface area contributed by atoms with E-state index in [4.69, 9.17) is 10.5 Å². The first kappa shape index (κ1) is 17.4. The number of methoxy groups -OCH3 is 1. The molecule has 0 spiro atoms. The normalized spacial score (nSPS) is 20.4. The van der Waals surface area contributed by atoms with Gasteiger partial charge >= 0.3 is 0 Å². The monoisotopic (exact) mass is 319 g/mol. The predicted octanol–water partition coefficient (Wildman–Crippen LogP) is 1.19. The first-order valence-corrected chi connectivity index (χ1v) is 7.85. The van der Waals surface area contributed by atoms with E-state index < -0.39 is 17.9 Å². The molecule has 6 nitrogen and oxygen atoms in total. The summed E-state index contributed by atoms with van der Waals surface area (Å²) >= 11 is 0. The Morgan fingerprint density at radius 2 is 2.26 bits per heavy atom. The molecule has 1 aliphatic carbocycles. The van der Waals surface area contributed by atoms with Crippen molar-refractivity contribution in [3.8, 4) is 0 Å². The van der Waals surface area contributed by atoms with Crippen molar-refractivity contribution in [2.45, 2.75) is 31.8 Å². The number of carbonyl (C=O) groups excluding carboxylic acids is 1. The number of nitrogens with zero attached hydrogens (tertiary/aromatic N) is 2. The van der Waals surface area contributed by atoms with E-state index in [-0.39, 0.29) is 0 Å². The summed E-state index contributed by atoms with van der Waals surface area (Å²) in [7, 11) is 3.65. The number of benzene rings is 1. The molecule has 0 saturated carbocycles. The van der Waals surface area contributed by atoms with Crippen molar-refractivity contribution >= 4 is 17.4 Å². The Kier molecular flexibility index (Phi) is 5.74. The van der Waals surface area contributed by atoms with Gasteiger partial charge in [0.2, 0.25) is 5.91 Å². The van der Waals surface area contributed by atoms with Crippen molar-refractivity contribution in [1.82, 2.24) is 4.90 Å². The first-order chi connectivity index (χ1) is 11.0. The summed E-state index contributed by atoms with van der Waals surface area (Å²) in [4.78, 5) is 18.3. The van der Waals surface area contributed by atoms with E-state index in [2.05, 4.69) is 9.89 Å². The third-order valence-corrected chi connectivity index (χ3v) is 4.23. The van der Waals surface area contributed by atoms with Gasteiger partial charge in [0.05, 0.1) is 24.3 Å². The summed E-state index contributed by atoms with van der Waals surface area (Å²) in [6.45, 7) is 3.44. The first-order valence-electron chi connectivity index (χ1n) is 7.85. The van der Waals surface area contributed by atoms with Gasteiger partial charge in [0.15, 0.2) is 0 Å². The number of aliphatic hydroxyl groups excluding tert-OH is 1. The number of nitrogens with two attached hydrogens (primary N) is 1. The summed E-state index contributed by atoms with van der Waals surface area (Å²) in [5.41, 5.74) is 7.95. The molecule has 2 rings (SSSR count). The molecule has 0 radical (unpaired) electrons. The van der Waals surface area contributed by atoms with Gasteiger partial charge in [-0.3, -0.25) is 4.79 Å². The van der Waals surface area contributed by atoms with Crippen molar-refractivity contribution in [3.63, 3.8) is 0 Å². The van der Waals surface area contributed by atoms with E-state index in [1.54, 1.807) is 7.11 Å². The van der Waals surface area contributed by atoms with Gasteiger partial charge in [-0.1, -0.05) is 13.0 Å². The Morgan fingerprint density at radius 1 is 1.52 bits per heavy atom. The lowest BCUT2D eigenvalue weighted by atomic mass is 9.99. The topological polar surface area (TPSA) is 88.1 Å². The molecule has 0 saturated heterocycles. The average molecular weight is 319 g/mol. The quantitative estimate of drug-likeness (QED) is 0.609. The number of primary amides is 1. The van der Waals surface area contributed by atoms with Crippen LogP contribution in [-0.2, 0) is 16.0 Å². The molecule has 2 unspecified atom stereocenters. The molecular formula is C17H25N3O3. The van der Waals surface area contributed by atoms with Crippen LogP contribution < -0.4 is 5.73 Å². The highest BCUT2D eigenvalue weighted by atomic mass is 16.5. The molecule has 23 heavy (non-hydrogen) atoms. The number of aliphatic hydroxyl groups is 1. The van der Waals surface area contributed by atoms with E-state index in [1.807, 2.05) is 32.2 Å². The van der Waals surface area contributed by atoms with Crippen molar-refractivity contribution in [2.75, 3.05) is 27.3 Å². The molecule has 0 heterocycles. The lowest BCUT2D eigenvalue weighted by Gasteiger charge is -2.20. The maximum atomic E-state index is 11.6. The standard InChI is InChI=1S/C17H25N3O3/c1-4-15(20(2)7-8-23-3)19-12-6-5-11-9-14(21)16(17(18)22)13(11)10-12/h5-6,10,14,16,21H,4,7-9H2,1-3H3,(H2,18,22). The second-order valence-corrected chi connectivity index (χ2v) is 5.83. The van der Waals surface area contributed by atoms with Gasteiger partial charge in [0, 0.05) is 27.1 Å². The Balaban J connectivity index is 2.28. The summed E-state index contributed by atoms with van der Waals surface area (Å²) in [5, 5.41) is 10.0. The maximum absolute atomic E-state index is 11.6. The van der Waals surface area contributed by atoms with Gasteiger partial charge in [-0.2, -0.15) is 0 Å². The second kappa shape index (κ2) is 7.57. The number of carbonyl (C=O) groups is 1. The van der Waals surface area contributed by atoms with E-state index in [1.165, 1.54) is 0 Å². The highest BCUT2D eigenvalue weighted by Crippen LogP contribution is 2.35. The number of amidine groups is 1. The van der Waals surface area contributed by atoms with Gasteiger partial charge in [-0.05, 0) is 29.7 Å². The van der Waals surface area contributed by atoms with Crippen molar-refractivity contribution in [3.05, 3.63) is 29.3 Å². The minimum atomic E-state index is -0.739. The zero-order valence-corrected chi connectivity index (χ0v) is 14.0. The lowest BCUT2D eigenvalue weighted by molar-refractivity contribution is -0.121. The van der Waals surface area contributed by atoms with Crippen LogP contribution in [-0.4, -0.2) is 55.2 Å². The SMILES string of the molecule is CCC(=Nc1ccc2c(c1)C(C(N)=O)C(O)C2)N(C)CCOC. The van der Waals surface area contributed by atoms with E-state index >= 15 is 0 Å². The van der Waals surface area contributed by atoms with Gasteiger partial charge in [0.1, 0.15) is 5.84 Å². The number of hydrogen-bond donors (Lipinski definition) is 2. The summed E-state index contributed by atoms with van der Waals surface area (Å²) in [5.74, 6) is -0.196. The van der Waals surface area contributed by atoms with Crippen LogP contribution in [0.15, 0.2) is 23.2 Å². The smallest absolute Gasteiger partial charge is 0.227 e. The number of hydrogen-bond acceptors (Lipinski definition) is 4. The van der Waals surface area contributed by atoms with Crippen molar-refractivity contribution in [1.29, 1.82) is 0 Å². The zero-order valence-electron chi connectivity index (χ0n) is 14.0. The van der Waals surface area contributed by atoms with Gasteiger partial charge in [-0.15, -0.1) is 0 Å². The minimum absolute atomic E-state index is 0.460. The Hall–Kier alpha value is -1.92. The molecule has 126 valence electrons. The molecular weight excluding hydrogens is 294 g/mol. The molecule has 3 N–H and O–H groups in total. The fraction of sp³-hybridized carbons (Fsp3) is 0.529.